The summed E-state index contributed by atoms with van der Waals surface area (Å²) in [5, 5.41) is 74.6. The summed E-state index contributed by atoms with van der Waals surface area (Å²) >= 11 is 0. The van der Waals surface area contributed by atoms with Crippen LogP contribution in [0.1, 0.15) is 6.92 Å². The molecule has 0 aromatic heterocycles. The van der Waals surface area contributed by atoms with Crippen LogP contribution in [0.3, 0.4) is 0 Å². The monoisotopic (exact) mass is 798 g/mol. The van der Waals surface area contributed by atoms with Crippen molar-refractivity contribution in [2.45, 2.75) is 98.9 Å². The van der Waals surface area contributed by atoms with Crippen molar-refractivity contribution < 1.29 is 116 Å². The van der Waals surface area contributed by atoms with Gasteiger partial charge in [0.2, 0.25) is 5.91 Å². The van der Waals surface area contributed by atoms with Gasteiger partial charge in [0, 0.05) is 6.92 Å². The molecule has 3 saturated heterocycles. The number of hydrogen-bond acceptors (Lipinski definition) is 21. The number of carbonyl (C=O) groups is 2. The van der Waals surface area contributed by atoms with Gasteiger partial charge in [-0.3, -0.25) is 18.5 Å². The topological polar surface area (TPSA) is 428 Å². The maximum absolute atomic E-state index is 12.3. The van der Waals surface area contributed by atoms with E-state index in [1.807, 2.05) is 0 Å². The number of carbonyl (C=O) groups excluding carboxylic acids is 1. The van der Waals surface area contributed by atoms with Crippen molar-refractivity contribution in [2.24, 2.45) is 0 Å². The lowest BCUT2D eigenvalue weighted by atomic mass is 9.94. The highest BCUT2D eigenvalue weighted by molar-refractivity contribution is 7.83. The van der Waals surface area contributed by atoms with Crippen molar-refractivity contribution in [1.29, 1.82) is 0 Å². The third-order valence-electron chi connectivity index (χ3n) is 7.19. The Balaban J connectivity index is 2.04. The van der Waals surface area contributed by atoms with E-state index in [0.717, 1.165) is 6.92 Å². The van der Waals surface area contributed by atoms with Gasteiger partial charge in [0.25, 0.3) is 0 Å². The maximum atomic E-state index is 12.3. The Morgan fingerprint density at radius 3 is 1.82 bits per heavy atom. The van der Waals surface area contributed by atoms with Crippen LogP contribution in [0.4, 0.5) is 0 Å². The highest BCUT2D eigenvalue weighted by Crippen LogP contribution is 2.34. The number of nitrogens with one attached hydrogen (secondary N) is 2. The van der Waals surface area contributed by atoms with Gasteiger partial charge in [-0.05, 0) is 0 Å². The molecule has 3 fully saturated rings. The number of amides is 1. The zero-order valence-electron chi connectivity index (χ0n) is 24.9. The Kier molecular flexibility index (Phi) is 14.0. The lowest BCUT2D eigenvalue weighted by Gasteiger charge is -2.48. The van der Waals surface area contributed by atoms with Crippen molar-refractivity contribution in [3.8, 4) is 0 Å². The molecule has 3 heterocycles. The first kappa shape index (κ1) is 42.5. The van der Waals surface area contributed by atoms with Gasteiger partial charge in [0.1, 0.15) is 60.9 Å². The molecule has 0 aromatic carbocycles. The molecule has 0 aromatic rings. The minimum absolute atomic E-state index is 0.870. The minimum Gasteiger partial charge on any atom is -0.479 e. The van der Waals surface area contributed by atoms with Gasteiger partial charge in [-0.25, -0.2) is 13.2 Å². The van der Waals surface area contributed by atoms with Crippen molar-refractivity contribution in [3.05, 3.63) is 0 Å². The van der Waals surface area contributed by atoms with Crippen LogP contribution in [0, 0.1) is 0 Å². The van der Waals surface area contributed by atoms with Crippen LogP contribution in [-0.2, 0) is 72.7 Å². The largest absolute Gasteiger partial charge is 0.479 e. The summed E-state index contributed by atoms with van der Waals surface area (Å²) in [6, 6.07) is -4.06. The molecule has 3 aliphatic heterocycles. The van der Waals surface area contributed by atoms with E-state index in [9.17, 15) is 75.1 Å². The highest BCUT2D eigenvalue weighted by atomic mass is 32.3. The van der Waals surface area contributed by atoms with Crippen LogP contribution in [0.25, 0.3) is 0 Å². The van der Waals surface area contributed by atoms with Crippen molar-refractivity contribution in [3.63, 3.8) is 0 Å². The lowest BCUT2D eigenvalue weighted by Crippen LogP contribution is -2.69. The van der Waals surface area contributed by atoms with Gasteiger partial charge in [0.15, 0.2) is 31.1 Å². The average molecular weight is 799 g/mol. The number of aliphatic hydroxyl groups is 6. The van der Waals surface area contributed by atoms with Crippen LogP contribution in [-0.4, -0.2) is 192 Å². The molecule has 0 bridgehead atoms. The molecule has 3 rings (SSSR count). The Bertz CT molecular complexity index is 1530. The fraction of sp³-hybridized carbons (Fsp3) is 0.900. The number of carboxylic acid groups (broad SMARTS) is 1. The van der Waals surface area contributed by atoms with Crippen LogP contribution >= 0.6 is 0 Å². The summed E-state index contributed by atoms with van der Waals surface area (Å²) in [4.78, 5) is 24.1. The van der Waals surface area contributed by atoms with Crippen LogP contribution < -0.4 is 10.0 Å². The summed E-state index contributed by atoms with van der Waals surface area (Å²) in [5.74, 6) is -2.92. The third-order valence-corrected chi connectivity index (χ3v) is 8.66. The van der Waals surface area contributed by atoms with Gasteiger partial charge < -0.3 is 64.7 Å². The SMILES string of the molecule is CC(=O)N[C@H]1[C@@H](O[C@H]2[C@H](O)[C@@H](OS(=O)(=O)O)[C@H](O[C@H]3[C@H](O)[C@@H](NS(=O)(=O)O)[C@@H](O)O[C@@H]3COS(=O)(=O)O)O[C@H]2C(=O)O)O[C@H](CO)[C@@H](O)[C@@H]1O. The molecule has 292 valence electrons. The van der Waals surface area contributed by atoms with Gasteiger partial charge in [-0.1, -0.05) is 0 Å². The second-order valence-corrected chi connectivity index (χ2v) is 14.1. The van der Waals surface area contributed by atoms with Crippen molar-refractivity contribution in [2.75, 3.05) is 13.2 Å². The molecule has 0 spiro atoms. The van der Waals surface area contributed by atoms with E-state index in [4.69, 9.17) is 32.8 Å². The zero-order chi connectivity index (χ0) is 38.1. The molecule has 1 amide bonds. The zero-order valence-corrected chi connectivity index (χ0v) is 27.3. The Morgan fingerprint density at radius 2 is 1.32 bits per heavy atom. The molecular weight excluding hydrogens is 764 g/mol. The summed E-state index contributed by atoms with van der Waals surface area (Å²) in [7, 11) is -16.3. The van der Waals surface area contributed by atoms with Gasteiger partial charge in [-0.2, -0.15) is 30.0 Å². The summed E-state index contributed by atoms with van der Waals surface area (Å²) in [6.45, 7) is -1.43. The summed E-state index contributed by atoms with van der Waals surface area (Å²) in [6.07, 6.45) is -29.9. The summed E-state index contributed by atoms with van der Waals surface area (Å²) < 4.78 is 132. The number of aliphatic hydroxyl groups excluding tert-OH is 6. The molecule has 0 saturated carbocycles. The number of aliphatic carboxylic acids is 1. The molecular formula is C20H34N2O25S3. The average Bonchev–Trinajstić information content (AvgIpc) is 2.96. The number of ether oxygens (including phenoxy) is 5. The molecule has 0 radical (unpaired) electrons. The van der Waals surface area contributed by atoms with Crippen molar-refractivity contribution in [1.82, 2.24) is 10.0 Å². The second-order valence-electron chi connectivity index (χ2n) is 10.8. The van der Waals surface area contributed by atoms with Gasteiger partial charge in [0.05, 0.1) is 13.2 Å². The predicted octanol–water partition coefficient (Wildman–Crippen LogP) is -8.28. The smallest absolute Gasteiger partial charge is 0.397 e. The molecule has 50 heavy (non-hydrogen) atoms. The molecule has 15 atom stereocenters. The van der Waals surface area contributed by atoms with E-state index in [0.29, 0.717) is 0 Å². The second kappa shape index (κ2) is 16.4. The first-order valence-electron chi connectivity index (χ1n) is 13.6. The maximum Gasteiger partial charge on any atom is 0.397 e. The molecule has 27 nitrogen and oxygen atoms in total. The van der Waals surface area contributed by atoms with Gasteiger partial charge >= 0.3 is 37.1 Å². The van der Waals surface area contributed by atoms with E-state index in [1.54, 1.807) is 0 Å². The van der Waals surface area contributed by atoms with E-state index >= 15 is 0 Å². The first-order chi connectivity index (χ1) is 22.8. The molecule has 12 N–H and O–H groups in total. The Hall–Kier alpha value is -1.89. The quantitative estimate of drug-likeness (QED) is 0.0726. The predicted molar refractivity (Wildman–Crippen MR) is 147 cm³/mol. The normalized spacial score (nSPS) is 40.2. The standard InChI is InChI=1S/C20H34N2O25S3/c1-4(24)21-8-10(26)9(25)5(2-23)43-19(8)45-14-12(28)15(47-50(38,39)40)20(46-16(14)17(29)30)44-13-6(3-41-49(35,36)37)42-18(31)7(11(13)27)22-48(32,33)34/h5-16,18-20,22-23,25-28,31H,2-3H2,1H3,(H,21,24)(H,29,30)(H,32,33,34)(H,35,36,37)(H,38,39,40)/t5-,6-,7-,8-,9-,10-,11-,12+,13-,14+,15-,16-,18+,19-,20-/m1/s1. The number of rotatable bonds is 14. The van der Waals surface area contributed by atoms with E-state index in [1.165, 1.54) is 4.72 Å². The van der Waals surface area contributed by atoms with E-state index in [2.05, 4.69) is 13.7 Å². The highest BCUT2D eigenvalue weighted by Gasteiger charge is 2.57. The van der Waals surface area contributed by atoms with Crippen LogP contribution in [0.2, 0.25) is 0 Å². The van der Waals surface area contributed by atoms with E-state index in [-0.39, 0.29) is 0 Å². The summed E-state index contributed by atoms with van der Waals surface area (Å²) in [5.41, 5.74) is 0. The minimum atomic E-state index is -5.69. The lowest BCUT2D eigenvalue weighted by molar-refractivity contribution is -0.358. The first-order valence-corrected chi connectivity index (χ1v) is 17.8. The van der Waals surface area contributed by atoms with Crippen molar-refractivity contribution >= 4 is 43.0 Å². The fourth-order valence-corrected chi connectivity index (χ4v) is 6.51. The Morgan fingerprint density at radius 1 is 0.720 bits per heavy atom. The van der Waals surface area contributed by atoms with Gasteiger partial charge in [-0.15, -0.1) is 0 Å². The fourth-order valence-electron chi connectivity index (χ4n) is 5.11. The third kappa shape index (κ3) is 11.1. The molecule has 0 unspecified atom stereocenters. The molecule has 30 heteroatoms. The Labute approximate surface area is 281 Å². The van der Waals surface area contributed by atoms with Crippen LogP contribution in [0.15, 0.2) is 0 Å². The van der Waals surface area contributed by atoms with Crippen LogP contribution in [0.5, 0.6) is 0 Å². The molecule has 0 aliphatic carbocycles. The number of hydrogen-bond donors (Lipinski definition) is 12. The number of carboxylic acids is 1. The van der Waals surface area contributed by atoms with E-state index < -0.39 is 148 Å². The molecule has 3 aliphatic rings.